The molecule has 0 bridgehead atoms. The zero-order valence-corrected chi connectivity index (χ0v) is 14.0. The molecular formula is C11H17N3O6S2. The highest BCUT2D eigenvalue weighted by Crippen LogP contribution is 2.22. The molecule has 0 aliphatic carbocycles. The highest BCUT2D eigenvalue weighted by Gasteiger charge is 2.26. The summed E-state index contributed by atoms with van der Waals surface area (Å²) in [5, 5.41) is 12.9. The van der Waals surface area contributed by atoms with Gasteiger partial charge in [0, 0.05) is 5.38 Å². The van der Waals surface area contributed by atoms with Gasteiger partial charge in [0.2, 0.25) is 10.0 Å². The highest BCUT2D eigenvalue weighted by molar-refractivity contribution is 7.88. The monoisotopic (exact) mass is 351 g/mol. The van der Waals surface area contributed by atoms with Gasteiger partial charge in [0.1, 0.15) is 5.60 Å². The maximum atomic E-state index is 11.6. The summed E-state index contributed by atoms with van der Waals surface area (Å²) >= 11 is 0.954. The predicted octanol–water partition coefficient (Wildman–Crippen LogP) is 1.17. The molecule has 124 valence electrons. The Bertz CT molecular complexity index is 662. The summed E-state index contributed by atoms with van der Waals surface area (Å²) in [4.78, 5) is 26.6. The highest BCUT2D eigenvalue weighted by atomic mass is 32.2. The first-order valence-corrected chi connectivity index (χ1v) is 8.80. The van der Waals surface area contributed by atoms with E-state index in [1.807, 2.05) is 4.72 Å². The first-order valence-electron chi connectivity index (χ1n) is 6.03. The second-order valence-electron chi connectivity index (χ2n) is 5.37. The van der Waals surface area contributed by atoms with Crippen molar-refractivity contribution >= 4 is 38.6 Å². The average Bonchev–Trinajstić information content (AvgIpc) is 2.69. The number of sulfonamides is 1. The smallest absolute Gasteiger partial charge is 0.413 e. The number of carboxylic acids is 1. The standard InChI is InChI=1S/C11H17N3O6S2/c1-11(2,3)20-10(17)13-9-12-6(5-21-9)7(8(15)16)14-22(4,18)19/h5,7,14H,1-4H3,(H,15,16)(H,12,13,17). The summed E-state index contributed by atoms with van der Waals surface area (Å²) in [7, 11) is -3.73. The number of anilines is 1. The Balaban J connectivity index is 2.85. The van der Waals surface area contributed by atoms with Crippen molar-refractivity contribution in [2.75, 3.05) is 11.6 Å². The van der Waals surface area contributed by atoms with Gasteiger partial charge in [-0.1, -0.05) is 0 Å². The van der Waals surface area contributed by atoms with Gasteiger partial charge in [0.15, 0.2) is 11.2 Å². The van der Waals surface area contributed by atoms with Gasteiger partial charge in [-0.05, 0) is 20.8 Å². The number of carbonyl (C=O) groups excluding carboxylic acids is 1. The number of thiazole rings is 1. The third-order valence-corrected chi connectivity index (χ3v) is 3.44. The molecule has 0 fully saturated rings. The Kier molecular flexibility index (Phi) is 5.49. The van der Waals surface area contributed by atoms with Crippen LogP contribution in [0.5, 0.6) is 0 Å². The van der Waals surface area contributed by atoms with E-state index in [4.69, 9.17) is 9.84 Å². The molecule has 0 radical (unpaired) electrons. The largest absolute Gasteiger partial charge is 0.480 e. The molecule has 1 heterocycles. The van der Waals surface area contributed by atoms with E-state index in [1.54, 1.807) is 20.8 Å². The van der Waals surface area contributed by atoms with Gasteiger partial charge in [0.25, 0.3) is 0 Å². The normalized spacial score (nSPS) is 13.5. The molecule has 0 aliphatic rings. The maximum absolute atomic E-state index is 11.6. The van der Waals surface area contributed by atoms with Crippen molar-refractivity contribution in [1.29, 1.82) is 0 Å². The van der Waals surface area contributed by atoms with Crippen LogP contribution in [-0.2, 0) is 19.6 Å². The topological polar surface area (TPSA) is 135 Å². The molecule has 1 rings (SSSR count). The lowest BCUT2D eigenvalue weighted by Crippen LogP contribution is -2.33. The van der Waals surface area contributed by atoms with E-state index in [9.17, 15) is 18.0 Å². The van der Waals surface area contributed by atoms with Gasteiger partial charge in [0.05, 0.1) is 11.9 Å². The van der Waals surface area contributed by atoms with Crippen molar-refractivity contribution in [3.05, 3.63) is 11.1 Å². The van der Waals surface area contributed by atoms with Crippen LogP contribution in [0.15, 0.2) is 5.38 Å². The van der Waals surface area contributed by atoms with Crippen LogP contribution in [-0.4, -0.2) is 42.4 Å². The number of nitrogens with one attached hydrogen (secondary N) is 2. The van der Waals surface area contributed by atoms with Crippen LogP contribution in [0.4, 0.5) is 9.93 Å². The van der Waals surface area contributed by atoms with Crippen molar-refractivity contribution in [1.82, 2.24) is 9.71 Å². The summed E-state index contributed by atoms with van der Waals surface area (Å²) in [5.41, 5.74) is -0.722. The Morgan fingerprint density at radius 1 is 1.41 bits per heavy atom. The zero-order chi connectivity index (χ0) is 17.1. The number of hydrogen-bond donors (Lipinski definition) is 3. The minimum Gasteiger partial charge on any atom is -0.480 e. The van der Waals surface area contributed by atoms with Crippen molar-refractivity contribution < 1.29 is 27.9 Å². The average molecular weight is 351 g/mol. The van der Waals surface area contributed by atoms with E-state index < -0.39 is 33.7 Å². The fraction of sp³-hybridized carbons (Fsp3) is 0.545. The summed E-state index contributed by atoms with van der Waals surface area (Å²) < 4.78 is 29.3. The second kappa shape index (κ2) is 6.58. The first-order chi connectivity index (χ1) is 9.87. The minimum absolute atomic E-state index is 0.0333. The minimum atomic E-state index is -3.73. The predicted molar refractivity (Wildman–Crippen MR) is 80.3 cm³/mol. The maximum Gasteiger partial charge on any atom is 0.413 e. The Morgan fingerprint density at radius 3 is 2.45 bits per heavy atom. The lowest BCUT2D eigenvalue weighted by atomic mass is 10.2. The van der Waals surface area contributed by atoms with Gasteiger partial charge in [-0.2, -0.15) is 4.72 Å². The second-order valence-corrected chi connectivity index (χ2v) is 8.00. The lowest BCUT2D eigenvalue weighted by Gasteiger charge is -2.18. The summed E-state index contributed by atoms with van der Waals surface area (Å²) in [5.74, 6) is -1.40. The summed E-state index contributed by atoms with van der Waals surface area (Å²) in [6.45, 7) is 5.07. The van der Waals surface area contributed by atoms with E-state index in [2.05, 4.69) is 10.3 Å². The van der Waals surface area contributed by atoms with Crippen LogP contribution >= 0.6 is 11.3 Å². The molecule has 0 saturated carbocycles. The number of ether oxygens (including phenoxy) is 1. The molecule has 3 N–H and O–H groups in total. The van der Waals surface area contributed by atoms with Crippen molar-refractivity contribution in [3.63, 3.8) is 0 Å². The van der Waals surface area contributed by atoms with E-state index in [1.165, 1.54) is 5.38 Å². The van der Waals surface area contributed by atoms with E-state index >= 15 is 0 Å². The van der Waals surface area contributed by atoms with Gasteiger partial charge >= 0.3 is 12.1 Å². The molecule has 0 aliphatic heterocycles. The number of hydrogen-bond acceptors (Lipinski definition) is 7. The quantitative estimate of drug-likeness (QED) is 0.724. The van der Waals surface area contributed by atoms with Crippen LogP contribution in [0.25, 0.3) is 0 Å². The first kappa shape index (κ1) is 18.3. The molecular weight excluding hydrogens is 334 g/mol. The Morgan fingerprint density at radius 2 is 2.00 bits per heavy atom. The molecule has 1 aromatic heterocycles. The lowest BCUT2D eigenvalue weighted by molar-refractivity contribution is -0.139. The fourth-order valence-corrected chi connectivity index (χ4v) is 2.69. The van der Waals surface area contributed by atoms with E-state index in [0.29, 0.717) is 0 Å². The van der Waals surface area contributed by atoms with Crippen LogP contribution in [0, 0.1) is 0 Å². The molecule has 0 aromatic carbocycles. The SMILES string of the molecule is CC(C)(C)OC(=O)Nc1nc(C(NS(C)(=O)=O)C(=O)O)cs1. The molecule has 1 aromatic rings. The van der Waals surface area contributed by atoms with Crippen molar-refractivity contribution in [3.8, 4) is 0 Å². The molecule has 1 unspecified atom stereocenters. The molecule has 22 heavy (non-hydrogen) atoms. The number of amides is 1. The van der Waals surface area contributed by atoms with Gasteiger partial charge in [-0.3, -0.25) is 10.1 Å². The van der Waals surface area contributed by atoms with Gasteiger partial charge < -0.3 is 9.84 Å². The van der Waals surface area contributed by atoms with E-state index in [0.717, 1.165) is 17.6 Å². The Hall–Kier alpha value is -1.72. The summed E-state index contributed by atoms with van der Waals surface area (Å²) in [6.07, 6.45) is 0.103. The molecule has 0 saturated heterocycles. The fourth-order valence-electron chi connectivity index (χ4n) is 1.32. The van der Waals surface area contributed by atoms with Crippen LogP contribution in [0.2, 0.25) is 0 Å². The molecule has 1 atom stereocenters. The summed E-state index contributed by atoms with van der Waals surface area (Å²) in [6, 6.07) is -1.53. The molecule has 11 heteroatoms. The van der Waals surface area contributed by atoms with Crippen LogP contribution in [0.3, 0.4) is 0 Å². The van der Waals surface area contributed by atoms with Crippen molar-refractivity contribution in [2.24, 2.45) is 0 Å². The number of carboxylic acid groups (broad SMARTS) is 1. The zero-order valence-electron chi connectivity index (χ0n) is 12.4. The van der Waals surface area contributed by atoms with E-state index in [-0.39, 0.29) is 10.8 Å². The number of rotatable bonds is 5. The van der Waals surface area contributed by atoms with Gasteiger partial charge in [-0.15, -0.1) is 11.3 Å². The van der Waals surface area contributed by atoms with Crippen molar-refractivity contribution in [2.45, 2.75) is 32.4 Å². The Labute approximate surface area is 131 Å². The number of aliphatic carboxylic acids is 1. The third-order valence-electron chi connectivity index (χ3n) is 2.00. The number of carbonyl (C=O) groups is 2. The van der Waals surface area contributed by atoms with Crippen LogP contribution < -0.4 is 10.0 Å². The molecule has 1 amide bonds. The van der Waals surface area contributed by atoms with Crippen LogP contribution in [0.1, 0.15) is 32.5 Å². The number of nitrogens with zero attached hydrogens (tertiary/aromatic N) is 1. The molecule has 0 spiro atoms. The number of aromatic nitrogens is 1. The van der Waals surface area contributed by atoms with Gasteiger partial charge in [-0.25, -0.2) is 18.2 Å². The molecule has 9 nitrogen and oxygen atoms in total. The third kappa shape index (κ3) is 6.37.